The lowest BCUT2D eigenvalue weighted by molar-refractivity contribution is -0.0530. The molecule has 1 N–H and O–H groups in total. The van der Waals surface area contributed by atoms with Gasteiger partial charge in [-0.3, -0.25) is 0 Å². The van der Waals surface area contributed by atoms with Gasteiger partial charge in [0.2, 0.25) is 0 Å². The highest BCUT2D eigenvalue weighted by molar-refractivity contribution is 5.37. The topological polar surface area (TPSA) is 32.8 Å². The van der Waals surface area contributed by atoms with Gasteiger partial charge < -0.3 is 9.84 Å². The van der Waals surface area contributed by atoms with E-state index >= 15 is 0 Å². The second-order valence-corrected chi connectivity index (χ2v) is 6.77. The predicted molar refractivity (Wildman–Crippen MR) is 67.7 cm³/mol. The maximum atomic E-state index is 10.5. The summed E-state index contributed by atoms with van der Waals surface area (Å²) in [6.07, 6.45) is 5.59. The van der Waals surface area contributed by atoms with E-state index in [2.05, 4.69) is 33.8 Å². The second-order valence-electron chi connectivity index (χ2n) is 6.77. The third-order valence-corrected chi connectivity index (χ3v) is 5.58. The molecule has 3 rings (SSSR count). The van der Waals surface area contributed by atoms with Crippen LogP contribution < -0.4 is 0 Å². The minimum absolute atomic E-state index is 0.0565. The third-order valence-electron chi connectivity index (χ3n) is 5.58. The summed E-state index contributed by atoms with van der Waals surface area (Å²) in [5.41, 5.74) is 1.20. The molecule has 17 heavy (non-hydrogen) atoms. The van der Waals surface area contributed by atoms with Crippen LogP contribution in [-0.2, 0) is 4.74 Å². The van der Waals surface area contributed by atoms with Crippen LogP contribution in [0.4, 0.5) is 0 Å². The van der Waals surface area contributed by atoms with Gasteiger partial charge in [0.1, 0.15) is 11.7 Å². The minimum atomic E-state index is -0.332. The molecule has 0 unspecified atom stereocenters. The standard InChI is InChI=1S/C15H24O2/c1-9(2)11-8-12(16)14(4)7-5-6-10(3)15(14)13(11)17-15/h8-10,12-13,16H,5-7H2,1-4H3/t10-,12+,13+,14-,15+/m1/s1. The highest BCUT2D eigenvalue weighted by Crippen LogP contribution is 2.67. The van der Waals surface area contributed by atoms with Crippen LogP contribution in [0.15, 0.2) is 11.6 Å². The molecule has 2 aliphatic carbocycles. The van der Waals surface area contributed by atoms with Crippen LogP contribution in [0.1, 0.15) is 47.0 Å². The SMILES string of the molecule is CC(C)C1=C[C@H](O)[C@@]2(C)CCC[C@@H](C)[C@@]23O[C@@H]13. The molecule has 1 spiro atoms. The van der Waals surface area contributed by atoms with E-state index in [1.54, 1.807) is 0 Å². The lowest BCUT2D eigenvalue weighted by Crippen LogP contribution is -2.54. The summed E-state index contributed by atoms with van der Waals surface area (Å²) in [6.45, 7) is 8.92. The summed E-state index contributed by atoms with van der Waals surface area (Å²) < 4.78 is 6.20. The second kappa shape index (κ2) is 3.36. The molecule has 1 saturated carbocycles. The zero-order valence-electron chi connectivity index (χ0n) is 11.4. The summed E-state index contributed by atoms with van der Waals surface area (Å²) in [7, 11) is 0. The highest BCUT2D eigenvalue weighted by atomic mass is 16.6. The average Bonchev–Trinajstić information content (AvgIpc) is 2.99. The van der Waals surface area contributed by atoms with Crippen molar-refractivity contribution >= 4 is 0 Å². The van der Waals surface area contributed by atoms with Crippen molar-refractivity contribution in [1.82, 2.24) is 0 Å². The molecule has 2 heteroatoms. The summed E-state index contributed by atoms with van der Waals surface area (Å²) >= 11 is 0. The van der Waals surface area contributed by atoms with Gasteiger partial charge in [-0.25, -0.2) is 0 Å². The first-order chi connectivity index (χ1) is 7.93. The number of rotatable bonds is 1. The monoisotopic (exact) mass is 236 g/mol. The maximum absolute atomic E-state index is 10.5. The summed E-state index contributed by atoms with van der Waals surface area (Å²) in [5, 5.41) is 10.5. The Balaban J connectivity index is 2.05. The normalized spacial score (nSPS) is 52.8. The third kappa shape index (κ3) is 1.23. The molecule has 1 aliphatic heterocycles. The van der Waals surface area contributed by atoms with Crippen molar-refractivity contribution < 1.29 is 9.84 Å². The fourth-order valence-electron chi connectivity index (χ4n) is 4.36. The molecular formula is C15H24O2. The molecule has 96 valence electrons. The van der Waals surface area contributed by atoms with Gasteiger partial charge in [0, 0.05) is 5.41 Å². The van der Waals surface area contributed by atoms with Crippen molar-refractivity contribution in [1.29, 1.82) is 0 Å². The lowest BCUT2D eigenvalue weighted by atomic mass is 9.55. The number of aliphatic hydroxyl groups excluding tert-OH is 1. The van der Waals surface area contributed by atoms with E-state index in [9.17, 15) is 5.11 Å². The van der Waals surface area contributed by atoms with Gasteiger partial charge in [0.15, 0.2) is 0 Å². The average molecular weight is 236 g/mol. The van der Waals surface area contributed by atoms with Crippen molar-refractivity contribution in [2.24, 2.45) is 17.3 Å². The molecule has 0 aromatic carbocycles. The highest BCUT2D eigenvalue weighted by Gasteiger charge is 2.74. The first-order valence-corrected chi connectivity index (χ1v) is 7.01. The summed E-state index contributed by atoms with van der Waals surface area (Å²) in [4.78, 5) is 0. The molecule has 1 saturated heterocycles. The van der Waals surface area contributed by atoms with Gasteiger partial charge in [0.05, 0.1) is 6.10 Å². The zero-order valence-corrected chi connectivity index (χ0v) is 11.4. The van der Waals surface area contributed by atoms with E-state index in [0.29, 0.717) is 11.8 Å². The number of hydrogen-bond donors (Lipinski definition) is 1. The summed E-state index contributed by atoms with van der Waals surface area (Å²) in [5.74, 6) is 1.05. The molecule has 3 aliphatic rings. The minimum Gasteiger partial charge on any atom is -0.388 e. The Labute approximate surface area is 104 Å². The number of aliphatic hydroxyl groups is 1. The number of ether oxygens (including phenoxy) is 1. The van der Waals surface area contributed by atoms with Crippen molar-refractivity contribution in [3.05, 3.63) is 11.6 Å². The molecule has 5 atom stereocenters. The van der Waals surface area contributed by atoms with E-state index in [1.165, 1.54) is 18.4 Å². The first kappa shape index (κ1) is 11.7. The van der Waals surface area contributed by atoms with E-state index < -0.39 is 0 Å². The fourth-order valence-corrected chi connectivity index (χ4v) is 4.36. The van der Waals surface area contributed by atoms with Crippen LogP contribution in [0.25, 0.3) is 0 Å². The lowest BCUT2D eigenvalue weighted by Gasteiger charge is -2.48. The van der Waals surface area contributed by atoms with Gasteiger partial charge in [-0.05, 0) is 30.3 Å². The van der Waals surface area contributed by atoms with Crippen LogP contribution in [0.3, 0.4) is 0 Å². The van der Waals surface area contributed by atoms with Crippen LogP contribution in [0.2, 0.25) is 0 Å². The Morgan fingerprint density at radius 2 is 2.18 bits per heavy atom. The van der Waals surface area contributed by atoms with Gasteiger partial charge in [-0.15, -0.1) is 0 Å². The Hall–Kier alpha value is -0.340. The van der Waals surface area contributed by atoms with Crippen LogP contribution in [-0.4, -0.2) is 22.9 Å². The molecule has 0 bridgehead atoms. The smallest absolute Gasteiger partial charge is 0.110 e. The van der Waals surface area contributed by atoms with E-state index in [0.717, 1.165) is 6.42 Å². The molecule has 0 radical (unpaired) electrons. The molecule has 2 fully saturated rings. The van der Waals surface area contributed by atoms with Crippen molar-refractivity contribution in [3.8, 4) is 0 Å². The molecule has 0 amide bonds. The molecule has 1 heterocycles. The Bertz CT molecular complexity index is 373. The quantitative estimate of drug-likeness (QED) is 0.561. The van der Waals surface area contributed by atoms with Crippen molar-refractivity contribution in [2.45, 2.75) is 64.8 Å². The molecule has 2 nitrogen and oxygen atoms in total. The molecular weight excluding hydrogens is 212 g/mol. The Kier molecular flexibility index (Phi) is 2.32. The van der Waals surface area contributed by atoms with Crippen LogP contribution in [0.5, 0.6) is 0 Å². The zero-order chi connectivity index (χ0) is 12.4. The fraction of sp³-hybridized carbons (Fsp3) is 0.867. The van der Waals surface area contributed by atoms with Crippen molar-refractivity contribution in [3.63, 3.8) is 0 Å². The first-order valence-electron chi connectivity index (χ1n) is 7.01. The maximum Gasteiger partial charge on any atom is 0.110 e. The van der Waals surface area contributed by atoms with E-state index in [4.69, 9.17) is 4.74 Å². The Morgan fingerprint density at radius 1 is 1.47 bits per heavy atom. The van der Waals surface area contributed by atoms with E-state index in [-0.39, 0.29) is 23.2 Å². The van der Waals surface area contributed by atoms with E-state index in [1.807, 2.05) is 0 Å². The van der Waals surface area contributed by atoms with Gasteiger partial charge in [0.25, 0.3) is 0 Å². The van der Waals surface area contributed by atoms with Gasteiger partial charge in [-0.2, -0.15) is 0 Å². The summed E-state index contributed by atoms with van der Waals surface area (Å²) in [6, 6.07) is 0. The van der Waals surface area contributed by atoms with Crippen molar-refractivity contribution in [2.75, 3.05) is 0 Å². The molecule has 0 aromatic heterocycles. The Morgan fingerprint density at radius 3 is 2.82 bits per heavy atom. The van der Waals surface area contributed by atoms with Gasteiger partial charge in [-0.1, -0.05) is 40.2 Å². The van der Waals surface area contributed by atoms with Gasteiger partial charge >= 0.3 is 0 Å². The predicted octanol–water partition coefficient (Wildman–Crippen LogP) is 2.91. The van der Waals surface area contributed by atoms with Crippen LogP contribution >= 0.6 is 0 Å². The largest absolute Gasteiger partial charge is 0.388 e. The molecule has 0 aromatic rings. The number of epoxide rings is 1. The number of hydrogen-bond acceptors (Lipinski definition) is 2. The van der Waals surface area contributed by atoms with Crippen LogP contribution in [0, 0.1) is 17.3 Å².